The zero-order chi connectivity index (χ0) is 24.7. The maximum Gasteiger partial charge on any atom is 0.271 e. The molecule has 3 atom stereocenters. The van der Waals surface area contributed by atoms with Crippen LogP contribution in [0.15, 0.2) is 35.7 Å². The van der Waals surface area contributed by atoms with Crippen LogP contribution >= 0.6 is 11.3 Å². The van der Waals surface area contributed by atoms with Gasteiger partial charge in [0.25, 0.3) is 5.91 Å². The van der Waals surface area contributed by atoms with E-state index in [1.807, 2.05) is 47.2 Å². The predicted molar refractivity (Wildman–Crippen MR) is 137 cm³/mol. The maximum atomic E-state index is 14.0. The molecule has 3 aromatic rings. The van der Waals surface area contributed by atoms with Crippen molar-refractivity contribution < 1.29 is 19.1 Å². The molecule has 2 aromatic heterocycles. The fourth-order valence-electron chi connectivity index (χ4n) is 5.62. The fourth-order valence-corrected chi connectivity index (χ4v) is 6.31. The number of nitrogens with one attached hydrogen (secondary N) is 1. The third-order valence-corrected chi connectivity index (χ3v) is 8.62. The molecule has 0 unspecified atom stereocenters. The number of thiophene rings is 1. The summed E-state index contributed by atoms with van der Waals surface area (Å²) in [5.41, 5.74) is 0.248. The second-order valence-electron chi connectivity index (χ2n) is 9.93. The maximum absolute atomic E-state index is 14.0. The van der Waals surface area contributed by atoms with Crippen molar-refractivity contribution in [3.8, 4) is 11.5 Å². The van der Waals surface area contributed by atoms with Crippen molar-refractivity contribution in [2.75, 3.05) is 14.2 Å². The number of aromatic nitrogens is 1. The fraction of sp³-hybridized carbons (Fsp3) is 0.481. The number of benzene rings is 1. The Morgan fingerprint density at radius 1 is 1.17 bits per heavy atom. The third kappa shape index (κ3) is 3.97. The molecule has 5 rings (SSSR count). The van der Waals surface area contributed by atoms with E-state index in [0.29, 0.717) is 36.2 Å². The molecule has 3 heterocycles. The summed E-state index contributed by atoms with van der Waals surface area (Å²) in [6.45, 7) is 4.81. The van der Waals surface area contributed by atoms with Crippen LogP contribution in [0.25, 0.3) is 10.9 Å². The topological polar surface area (TPSA) is 72.8 Å². The van der Waals surface area contributed by atoms with Gasteiger partial charge in [0.2, 0.25) is 5.91 Å². The van der Waals surface area contributed by atoms with Gasteiger partial charge in [0.15, 0.2) is 0 Å². The van der Waals surface area contributed by atoms with E-state index in [9.17, 15) is 9.59 Å². The Morgan fingerprint density at radius 2 is 1.91 bits per heavy atom. The lowest BCUT2D eigenvalue weighted by atomic mass is 9.85. The minimum Gasteiger partial charge on any atom is -0.496 e. The number of fused-ring (bicyclic) bond motifs is 3. The van der Waals surface area contributed by atoms with Gasteiger partial charge in [-0.15, -0.1) is 11.3 Å². The number of amides is 2. The number of carbonyl (C=O) groups excluding carboxylic acids is 2. The van der Waals surface area contributed by atoms with E-state index in [0.717, 1.165) is 35.0 Å². The van der Waals surface area contributed by atoms with Crippen molar-refractivity contribution in [1.29, 1.82) is 0 Å². The van der Waals surface area contributed by atoms with Gasteiger partial charge in [0.05, 0.1) is 32.8 Å². The van der Waals surface area contributed by atoms with Crippen LogP contribution in [0.1, 0.15) is 54.9 Å². The van der Waals surface area contributed by atoms with Gasteiger partial charge in [0, 0.05) is 16.3 Å². The molecule has 7 nitrogen and oxygen atoms in total. The molecule has 0 radical (unpaired) electrons. The largest absolute Gasteiger partial charge is 0.496 e. The molecule has 1 aromatic carbocycles. The van der Waals surface area contributed by atoms with Gasteiger partial charge < -0.3 is 24.3 Å². The number of methoxy groups -OCH3 is 2. The van der Waals surface area contributed by atoms with E-state index in [-0.39, 0.29) is 17.9 Å². The Hall–Kier alpha value is -3.00. The number of hydrogen-bond donors (Lipinski definition) is 1. The summed E-state index contributed by atoms with van der Waals surface area (Å²) in [5.74, 6) is 1.47. The molecule has 8 heteroatoms. The highest BCUT2D eigenvalue weighted by molar-refractivity contribution is 7.09. The Labute approximate surface area is 210 Å². The molecule has 1 aliphatic carbocycles. The van der Waals surface area contributed by atoms with Crippen molar-refractivity contribution in [2.45, 2.75) is 64.2 Å². The number of hydrogen-bond acceptors (Lipinski definition) is 5. The Bertz CT molecular complexity index is 1250. The molecule has 2 aliphatic rings. The van der Waals surface area contributed by atoms with Crippen molar-refractivity contribution in [1.82, 2.24) is 14.8 Å². The zero-order valence-electron chi connectivity index (χ0n) is 20.8. The van der Waals surface area contributed by atoms with Gasteiger partial charge in [-0.2, -0.15) is 0 Å². The molecule has 0 saturated heterocycles. The van der Waals surface area contributed by atoms with Crippen LogP contribution in [-0.2, 0) is 17.9 Å². The second kappa shape index (κ2) is 9.22. The summed E-state index contributed by atoms with van der Waals surface area (Å²) < 4.78 is 13.2. The number of carbonyl (C=O) groups is 2. The first-order chi connectivity index (χ1) is 16.9. The van der Waals surface area contributed by atoms with Crippen molar-refractivity contribution in [3.05, 3.63) is 46.3 Å². The molecule has 186 valence electrons. The van der Waals surface area contributed by atoms with Gasteiger partial charge in [-0.25, -0.2) is 0 Å². The summed E-state index contributed by atoms with van der Waals surface area (Å²) in [7, 11) is 3.23. The van der Waals surface area contributed by atoms with E-state index in [1.54, 1.807) is 30.5 Å². The molecule has 1 fully saturated rings. The van der Waals surface area contributed by atoms with Crippen LogP contribution in [-0.4, -0.2) is 47.1 Å². The molecule has 1 saturated carbocycles. The molecule has 2 amide bonds. The van der Waals surface area contributed by atoms with Crippen LogP contribution in [0.5, 0.6) is 11.5 Å². The van der Waals surface area contributed by atoms with Crippen molar-refractivity contribution in [3.63, 3.8) is 0 Å². The molecule has 35 heavy (non-hydrogen) atoms. The molecular formula is C27H33N3O4S. The monoisotopic (exact) mass is 495 g/mol. The summed E-state index contributed by atoms with van der Waals surface area (Å²) in [6, 6.07) is 9.67. The van der Waals surface area contributed by atoms with Crippen molar-refractivity contribution >= 4 is 34.1 Å². The normalized spacial score (nSPS) is 24.3. The summed E-state index contributed by atoms with van der Waals surface area (Å²) >= 11 is 1.59. The lowest BCUT2D eigenvalue weighted by Gasteiger charge is -2.45. The van der Waals surface area contributed by atoms with Crippen LogP contribution < -0.4 is 14.8 Å². The number of nitrogens with zero attached hydrogens (tertiary/aromatic N) is 2. The van der Waals surface area contributed by atoms with E-state index in [2.05, 4.69) is 12.2 Å². The third-order valence-electron chi connectivity index (χ3n) is 7.76. The van der Waals surface area contributed by atoms with E-state index >= 15 is 0 Å². The van der Waals surface area contributed by atoms with Crippen molar-refractivity contribution in [2.24, 2.45) is 5.92 Å². The van der Waals surface area contributed by atoms with Crippen LogP contribution in [0.4, 0.5) is 0 Å². The van der Waals surface area contributed by atoms with E-state index in [1.165, 1.54) is 6.42 Å². The van der Waals surface area contributed by atoms with Crippen LogP contribution in [0.3, 0.4) is 0 Å². The number of rotatable bonds is 6. The summed E-state index contributed by atoms with van der Waals surface area (Å²) in [5, 5.41) is 6.13. The molecule has 1 aliphatic heterocycles. The Kier molecular flexibility index (Phi) is 6.25. The SMILES string of the molecule is COc1ccc(OC)c2c1cc1n2C[C@](C)(C(=O)N[C@@H]2CCCC[C@H]2C)N(Cc2cccs2)C1=O. The Balaban J connectivity index is 1.61. The average molecular weight is 496 g/mol. The summed E-state index contributed by atoms with van der Waals surface area (Å²) in [4.78, 5) is 30.8. The van der Waals surface area contributed by atoms with E-state index in [4.69, 9.17) is 9.47 Å². The first kappa shape index (κ1) is 23.7. The molecule has 1 N–H and O–H groups in total. The lowest BCUT2D eigenvalue weighted by molar-refractivity contribution is -0.134. The average Bonchev–Trinajstić information content (AvgIpc) is 3.51. The highest BCUT2D eigenvalue weighted by Crippen LogP contribution is 2.41. The highest BCUT2D eigenvalue weighted by Gasteiger charge is 2.49. The first-order valence-electron chi connectivity index (χ1n) is 12.3. The van der Waals surface area contributed by atoms with Gasteiger partial charge in [-0.1, -0.05) is 25.8 Å². The molecular weight excluding hydrogens is 462 g/mol. The van der Waals surface area contributed by atoms with Gasteiger partial charge >= 0.3 is 0 Å². The minimum absolute atomic E-state index is 0.101. The quantitative estimate of drug-likeness (QED) is 0.532. The first-order valence-corrected chi connectivity index (χ1v) is 13.1. The standard InChI is InChI=1S/C27H33N3O4S/c1-17-8-5-6-10-20(17)28-26(32)27(2)16-29-21(25(31)30(27)15-18-9-7-13-35-18)14-19-22(33-3)11-12-23(34-4)24(19)29/h7,9,11-14,17,20H,5-6,8,10,15-16H2,1-4H3,(H,28,32)/t17-,20-,27-/m1/s1. The second-order valence-corrected chi connectivity index (χ2v) is 11.0. The van der Waals surface area contributed by atoms with Crippen LogP contribution in [0, 0.1) is 5.92 Å². The van der Waals surface area contributed by atoms with Crippen LogP contribution in [0.2, 0.25) is 0 Å². The van der Waals surface area contributed by atoms with E-state index < -0.39 is 5.54 Å². The zero-order valence-corrected chi connectivity index (χ0v) is 21.6. The molecule has 0 bridgehead atoms. The lowest BCUT2D eigenvalue weighted by Crippen LogP contribution is -2.65. The number of ether oxygens (including phenoxy) is 2. The summed E-state index contributed by atoms with van der Waals surface area (Å²) in [6.07, 6.45) is 4.41. The van der Waals surface area contributed by atoms with Gasteiger partial charge in [-0.3, -0.25) is 9.59 Å². The Morgan fingerprint density at radius 3 is 2.60 bits per heavy atom. The molecule has 0 spiro atoms. The predicted octanol–water partition coefficient (Wildman–Crippen LogP) is 4.83. The van der Waals surface area contributed by atoms with Gasteiger partial charge in [0.1, 0.15) is 22.7 Å². The highest BCUT2D eigenvalue weighted by atomic mass is 32.1. The van der Waals surface area contributed by atoms with Gasteiger partial charge in [-0.05, 0) is 55.3 Å². The smallest absolute Gasteiger partial charge is 0.271 e. The minimum atomic E-state index is -1.06.